The number of carbonyl (C=O) groups excluding carboxylic acids is 1. The number of hydrogen-bond acceptors (Lipinski definition) is 4. The highest BCUT2D eigenvalue weighted by Crippen LogP contribution is 2.30. The quantitative estimate of drug-likeness (QED) is 0.861. The molecule has 0 aliphatic carbocycles. The standard InChI is InChI=1S/C21H25NO4/c1-14(2)17-8-4-5-9-18(17)25-15(3)21(23)22-12-16-13-24-19-10-6-7-11-20(19)26-16/h4-11,14-16H,12-13H2,1-3H3,(H,22,23)/t15-,16+/m0/s1. The van der Waals surface area contributed by atoms with Crippen molar-refractivity contribution >= 4 is 5.91 Å². The number of nitrogens with one attached hydrogen (secondary N) is 1. The zero-order chi connectivity index (χ0) is 18.5. The van der Waals surface area contributed by atoms with Crippen LogP contribution in [-0.2, 0) is 4.79 Å². The van der Waals surface area contributed by atoms with Crippen LogP contribution in [0.3, 0.4) is 0 Å². The fourth-order valence-electron chi connectivity index (χ4n) is 2.83. The number of fused-ring (bicyclic) bond motifs is 1. The smallest absolute Gasteiger partial charge is 0.260 e. The van der Waals surface area contributed by atoms with Gasteiger partial charge in [-0.3, -0.25) is 4.79 Å². The third-order valence-corrected chi connectivity index (χ3v) is 4.29. The van der Waals surface area contributed by atoms with E-state index >= 15 is 0 Å². The largest absolute Gasteiger partial charge is 0.486 e. The minimum absolute atomic E-state index is 0.175. The fourth-order valence-corrected chi connectivity index (χ4v) is 2.83. The van der Waals surface area contributed by atoms with Gasteiger partial charge in [-0.2, -0.15) is 0 Å². The molecule has 0 spiro atoms. The molecule has 0 bridgehead atoms. The zero-order valence-corrected chi connectivity index (χ0v) is 15.4. The Balaban J connectivity index is 1.53. The molecule has 0 saturated carbocycles. The summed E-state index contributed by atoms with van der Waals surface area (Å²) in [5.74, 6) is 2.34. The van der Waals surface area contributed by atoms with E-state index < -0.39 is 6.10 Å². The average Bonchev–Trinajstić information content (AvgIpc) is 2.66. The predicted molar refractivity (Wildman–Crippen MR) is 100.0 cm³/mol. The van der Waals surface area contributed by atoms with Crippen LogP contribution in [0.2, 0.25) is 0 Å². The van der Waals surface area contributed by atoms with Gasteiger partial charge in [-0.25, -0.2) is 0 Å². The molecule has 0 saturated heterocycles. The second-order valence-corrected chi connectivity index (χ2v) is 6.70. The number of para-hydroxylation sites is 3. The number of ether oxygens (including phenoxy) is 3. The maximum absolute atomic E-state index is 12.4. The molecule has 2 aromatic rings. The maximum atomic E-state index is 12.4. The molecular formula is C21H25NO4. The first kappa shape index (κ1) is 18.1. The topological polar surface area (TPSA) is 56.8 Å². The van der Waals surface area contributed by atoms with Gasteiger partial charge in [0.1, 0.15) is 18.5 Å². The van der Waals surface area contributed by atoms with Crippen molar-refractivity contribution in [3.8, 4) is 17.2 Å². The number of amides is 1. The van der Waals surface area contributed by atoms with Crippen LogP contribution in [0, 0.1) is 0 Å². The van der Waals surface area contributed by atoms with Gasteiger partial charge >= 0.3 is 0 Å². The van der Waals surface area contributed by atoms with E-state index in [4.69, 9.17) is 14.2 Å². The van der Waals surface area contributed by atoms with Crippen molar-refractivity contribution in [3.05, 3.63) is 54.1 Å². The maximum Gasteiger partial charge on any atom is 0.260 e. The van der Waals surface area contributed by atoms with E-state index in [1.54, 1.807) is 6.92 Å². The molecule has 1 aliphatic rings. The van der Waals surface area contributed by atoms with Crippen LogP contribution in [0.15, 0.2) is 48.5 Å². The van der Waals surface area contributed by atoms with Crippen molar-refractivity contribution in [2.75, 3.05) is 13.2 Å². The molecule has 5 nitrogen and oxygen atoms in total. The second kappa shape index (κ2) is 8.13. The molecule has 2 aromatic carbocycles. The van der Waals surface area contributed by atoms with Gasteiger partial charge in [0.15, 0.2) is 17.6 Å². The number of carbonyl (C=O) groups is 1. The van der Waals surface area contributed by atoms with Crippen molar-refractivity contribution in [1.29, 1.82) is 0 Å². The van der Waals surface area contributed by atoms with E-state index in [-0.39, 0.29) is 12.0 Å². The van der Waals surface area contributed by atoms with Crippen LogP contribution < -0.4 is 19.5 Å². The first-order chi connectivity index (χ1) is 12.5. The Kier molecular flexibility index (Phi) is 5.66. The molecular weight excluding hydrogens is 330 g/mol. The lowest BCUT2D eigenvalue weighted by Gasteiger charge is -2.27. The summed E-state index contributed by atoms with van der Waals surface area (Å²) in [5.41, 5.74) is 1.09. The molecule has 0 fully saturated rings. The first-order valence-electron chi connectivity index (χ1n) is 8.96. The van der Waals surface area contributed by atoms with Crippen molar-refractivity contribution in [2.45, 2.75) is 38.9 Å². The van der Waals surface area contributed by atoms with E-state index in [1.165, 1.54) is 0 Å². The predicted octanol–water partition coefficient (Wildman–Crippen LogP) is 3.53. The average molecular weight is 355 g/mol. The van der Waals surface area contributed by atoms with Crippen LogP contribution >= 0.6 is 0 Å². The molecule has 1 amide bonds. The van der Waals surface area contributed by atoms with Gasteiger partial charge in [0.2, 0.25) is 0 Å². The van der Waals surface area contributed by atoms with E-state index in [9.17, 15) is 4.79 Å². The second-order valence-electron chi connectivity index (χ2n) is 6.70. The Morgan fingerprint density at radius 3 is 2.58 bits per heavy atom. The van der Waals surface area contributed by atoms with Crippen LogP contribution in [0.25, 0.3) is 0 Å². The van der Waals surface area contributed by atoms with Crippen molar-refractivity contribution in [2.24, 2.45) is 0 Å². The SMILES string of the molecule is CC(C)c1ccccc1O[C@@H](C)C(=O)NC[C@@H]1COc2ccccc2O1. The summed E-state index contributed by atoms with van der Waals surface area (Å²) in [6.07, 6.45) is -0.810. The van der Waals surface area contributed by atoms with Crippen LogP contribution in [0.4, 0.5) is 0 Å². The molecule has 2 atom stereocenters. The lowest BCUT2D eigenvalue weighted by atomic mass is 10.0. The number of benzene rings is 2. The number of hydrogen-bond donors (Lipinski definition) is 1. The molecule has 0 unspecified atom stereocenters. The van der Waals surface area contributed by atoms with Crippen molar-refractivity contribution in [1.82, 2.24) is 5.32 Å². The van der Waals surface area contributed by atoms with Gasteiger partial charge in [-0.1, -0.05) is 44.2 Å². The summed E-state index contributed by atoms with van der Waals surface area (Å²) in [5, 5.41) is 2.88. The first-order valence-corrected chi connectivity index (χ1v) is 8.96. The Hall–Kier alpha value is -2.69. The Morgan fingerprint density at radius 1 is 1.12 bits per heavy atom. The molecule has 0 radical (unpaired) electrons. The summed E-state index contributed by atoms with van der Waals surface area (Å²) >= 11 is 0. The molecule has 138 valence electrons. The van der Waals surface area contributed by atoms with Gasteiger partial charge in [0, 0.05) is 0 Å². The summed E-state index contributed by atoms with van der Waals surface area (Å²) in [7, 11) is 0. The normalized spacial score (nSPS) is 16.8. The minimum atomic E-state index is -0.591. The molecule has 1 heterocycles. The fraction of sp³-hybridized carbons (Fsp3) is 0.381. The van der Waals surface area contributed by atoms with Gasteiger partial charge in [0.05, 0.1) is 6.54 Å². The highest BCUT2D eigenvalue weighted by Gasteiger charge is 2.23. The highest BCUT2D eigenvalue weighted by atomic mass is 16.6. The molecule has 26 heavy (non-hydrogen) atoms. The monoisotopic (exact) mass is 355 g/mol. The van der Waals surface area contributed by atoms with Gasteiger partial charge < -0.3 is 19.5 Å². The summed E-state index contributed by atoms with van der Waals surface area (Å²) in [6.45, 7) is 6.73. The molecule has 5 heteroatoms. The minimum Gasteiger partial charge on any atom is -0.486 e. The molecule has 1 aliphatic heterocycles. The van der Waals surface area contributed by atoms with Crippen LogP contribution in [0.1, 0.15) is 32.3 Å². The summed E-state index contributed by atoms with van der Waals surface area (Å²) in [4.78, 5) is 12.4. The summed E-state index contributed by atoms with van der Waals surface area (Å²) < 4.78 is 17.4. The lowest BCUT2D eigenvalue weighted by Crippen LogP contribution is -2.44. The van der Waals surface area contributed by atoms with E-state index in [0.717, 1.165) is 17.1 Å². The van der Waals surface area contributed by atoms with Crippen LogP contribution in [0.5, 0.6) is 17.2 Å². The third kappa shape index (κ3) is 4.28. The molecule has 3 rings (SSSR count). The van der Waals surface area contributed by atoms with Crippen molar-refractivity contribution in [3.63, 3.8) is 0 Å². The Morgan fingerprint density at radius 2 is 1.81 bits per heavy atom. The zero-order valence-electron chi connectivity index (χ0n) is 15.4. The van der Waals surface area contributed by atoms with Gasteiger partial charge in [-0.15, -0.1) is 0 Å². The molecule has 1 N–H and O–H groups in total. The lowest BCUT2D eigenvalue weighted by molar-refractivity contribution is -0.127. The third-order valence-electron chi connectivity index (χ3n) is 4.29. The molecule has 0 aromatic heterocycles. The van der Waals surface area contributed by atoms with E-state index in [0.29, 0.717) is 24.8 Å². The van der Waals surface area contributed by atoms with Crippen molar-refractivity contribution < 1.29 is 19.0 Å². The van der Waals surface area contributed by atoms with Gasteiger partial charge in [-0.05, 0) is 36.6 Å². The Labute approximate surface area is 154 Å². The van der Waals surface area contributed by atoms with Gasteiger partial charge in [0.25, 0.3) is 5.91 Å². The number of rotatable bonds is 6. The van der Waals surface area contributed by atoms with E-state index in [2.05, 4.69) is 19.2 Å². The van der Waals surface area contributed by atoms with Crippen LogP contribution in [-0.4, -0.2) is 31.3 Å². The Bertz CT molecular complexity index is 759. The summed E-state index contributed by atoms with van der Waals surface area (Å²) in [6, 6.07) is 15.3. The van der Waals surface area contributed by atoms with E-state index in [1.807, 2.05) is 48.5 Å². The highest BCUT2D eigenvalue weighted by molar-refractivity contribution is 5.80.